The SMILES string of the molecule is O=C(CN1C(=O)[C@@H](NC(=O)c2cc3ccccc3[nH]2)[C@@H](c2ccccc2)Cc2ccccc21)NCCc1ccccc1. The molecule has 7 nitrogen and oxygen atoms in total. The van der Waals surface area contributed by atoms with E-state index in [0.717, 1.165) is 27.6 Å². The third kappa shape index (κ3) is 5.81. The third-order valence-electron chi connectivity index (χ3n) is 7.83. The van der Waals surface area contributed by atoms with Gasteiger partial charge in [-0.15, -0.1) is 0 Å². The Morgan fingerprint density at radius 3 is 2.31 bits per heavy atom. The van der Waals surface area contributed by atoms with Crippen LogP contribution in [-0.4, -0.2) is 41.8 Å². The van der Waals surface area contributed by atoms with Gasteiger partial charge in [0.2, 0.25) is 5.91 Å². The first-order chi connectivity index (χ1) is 20.6. The number of nitrogens with one attached hydrogen (secondary N) is 3. The van der Waals surface area contributed by atoms with Crippen molar-refractivity contribution in [3.63, 3.8) is 0 Å². The number of anilines is 1. The molecule has 0 spiro atoms. The molecule has 2 heterocycles. The van der Waals surface area contributed by atoms with Crippen LogP contribution in [0.4, 0.5) is 5.69 Å². The molecule has 3 N–H and O–H groups in total. The summed E-state index contributed by atoms with van der Waals surface area (Å²) in [5.74, 6) is -1.28. The van der Waals surface area contributed by atoms with Gasteiger partial charge in [0.05, 0.1) is 0 Å². The molecule has 0 bridgehead atoms. The average Bonchev–Trinajstić information content (AvgIpc) is 3.43. The monoisotopic (exact) mass is 556 g/mol. The van der Waals surface area contributed by atoms with Crippen molar-refractivity contribution >= 4 is 34.3 Å². The van der Waals surface area contributed by atoms with Gasteiger partial charge in [-0.05, 0) is 47.7 Å². The highest BCUT2D eigenvalue weighted by atomic mass is 16.2. The summed E-state index contributed by atoms with van der Waals surface area (Å²) >= 11 is 0. The minimum Gasteiger partial charge on any atom is -0.354 e. The number of H-pyrrole nitrogens is 1. The molecule has 3 amide bonds. The summed E-state index contributed by atoms with van der Waals surface area (Å²) in [6, 6.07) is 35.9. The van der Waals surface area contributed by atoms with Crippen molar-refractivity contribution in [3.8, 4) is 0 Å². The van der Waals surface area contributed by atoms with Crippen molar-refractivity contribution < 1.29 is 14.4 Å². The number of aromatic amines is 1. The largest absolute Gasteiger partial charge is 0.354 e. The van der Waals surface area contributed by atoms with Crippen LogP contribution in [0.3, 0.4) is 0 Å². The van der Waals surface area contributed by atoms with E-state index in [0.29, 0.717) is 30.8 Å². The van der Waals surface area contributed by atoms with E-state index >= 15 is 0 Å². The molecule has 7 heteroatoms. The Labute approximate surface area is 244 Å². The Morgan fingerprint density at radius 2 is 1.52 bits per heavy atom. The van der Waals surface area contributed by atoms with Crippen molar-refractivity contribution in [2.24, 2.45) is 0 Å². The van der Waals surface area contributed by atoms with Crippen molar-refractivity contribution in [1.82, 2.24) is 15.6 Å². The number of benzene rings is 4. The molecule has 42 heavy (non-hydrogen) atoms. The van der Waals surface area contributed by atoms with Crippen LogP contribution in [0.1, 0.15) is 33.1 Å². The maximum absolute atomic E-state index is 14.4. The van der Waals surface area contributed by atoms with E-state index in [9.17, 15) is 14.4 Å². The fourth-order valence-corrected chi connectivity index (χ4v) is 5.70. The van der Waals surface area contributed by atoms with Gasteiger partial charge in [-0.2, -0.15) is 0 Å². The number of aromatic nitrogens is 1. The van der Waals surface area contributed by atoms with Gasteiger partial charge in [-0.25, -0.2) is 0 Å². The molecule has 5 aromatic rings. The lowest BCUT2D eigenvalue weighted by atomic mass is 9.86. The lowest BCUT2D eigenvalue weighted by Gasteiger charge is -2.29. The molecule has 4 aromatic carbocycles. The molecule has 1 aliphatic rings. The summed E-state index contributed by atoms with van der Waals surface area (Å²) in [5, 5.41) is 6.92. The standard InChI is InChI=1S/C35H32N4O3/c40-32(36-20-19-24-11-3-1-4-12-24)23-39-31-18-10-8-16-27(31)21-28(25-13-5-2-6-14-25)33(35(39)42)38-34(41)30-22-26-15-7-9-17-29(26)37-30/h1-18,22,28,33,37H,19-21,23H2,(H,36,40)(H,38,41)/t28-,33+/m1/s1. The number of fused-ring (bicyclic) bond motifs is 2. The van der Waals surface area contributed by atoms with Crippen LogP contribution in [0.2, 0.25) is 0 Å². The maximum Gasteiger partial charge on any atom is 0.268 e. The van der Waals surface area contributed by atoms with Gasteiger partial charge >= 0.3 is 0 Å². The first-order valence-corrected chi connectivity index (χ1v) is 14.2. The van der Waals surface area contributed by atoms with Gasteiger partial charge in [0.1, 0.15) is 18.3 Å². The summed E-state index contributed by atoms with van der Waals surface area (Å²) in [6.45, 7) is 0.310. The molecule has 0 radical (unpaired) electrons. The average molecular weight is 557 g/mol. The van der Waals surface area contributed by atoms with Crippen molar-refractivity contribution in [1.29, 1.82) is 0 Å². The lowest BCUT2D eigenvalue weighted by molar-refractivity contribution is -0.124. The molecule has 0 fully saturated rings. The van der Waals surface area contributed by atoms with Gasteiger partial charge in [0, 0.05) is 29.1 Å². The number of nitrogens with zero attached hydrogens (tertiary/aromatic N) is 1. The summed E-state index contributed by atoms with van der Waals surface area (Å²) in [7, 11) is 0. The second-order valence-electron chi connectivity index (χ2n) is 10.6. The van der Waals surface area contributed by atoms with Crippen LogP contribution >= 0.6 is 0 Å². The molecular weight excluding hydrogens is 524 g/mol. The Morgan fingerprint density at radius 1 is 0.833 bits per heavy atom. The second kappa shape index (κ2) is 12.1. The molecule has 1 aromatic heterocycles. The number of carbonyl (C=O) groups excluding carboxylic acids is 3. The Hall–Kier alpha value is -5.17. The van der Waals surface area contributed by atoms with Gasteiger partial charge in [0.15, 0.2) is 0 Å². The highest BCUT2D eigenvalue weighted by molar-refractivity contribution is 6.06. The zero-order chi connectivity index (χ0) is 28.9. The van der Waals surface area contributed by atoms with Crippen molar-refractivity contribution in [2.75, 3.05) is 18.0 Å². The molecule has 2 atom stereocenters. The molecule has 0 saturated carbocycles. The fraction of sp³-hybridized carbons (Fsp3) is 0.171. The highest BCUT2D eigenvalue weighted by Crippen LogP contribution is 2.35. The molecule has 0 saturated heterocycles. The lowest BCUT2D eigenvalue weighted by Crippen LogP contribution is -2.53. The van der Waals surface area contributed by atoms with Gasteiger partial charge < -0.3 is 20.5 Å². The summed E-state index contributed by atoms with van der Waals surface area (Å²) in [6.07, 6.45) is 1.21. The summed E-state index contributed by atoms with van der Waals surface area (Å²) < 4.78 is 0. The number of amides is 3. The number of carbonyl (C=O) groups is 3. The van der Waals surface area contributed by atoms with Gasteiger partial charge in [-0.1, -0.05) is 97.1 Å². The topological polar surface area (TPSA) is 94.3 Å². The normalized spacial score (nSPS) is 16.5. The number of rotatable bonds is 8. The third-order valence-corrected chi connectivity index (χ3v) is 7.83. The van der Waals surface area contributed by atoms with E-state index in [1.165, 1.54) is 4.90 Å². The number of para-hydroxylation sites is 2. The smallest absolute Gasteiger partial charge is 0.268 e. The van der Waals surface area contributed by atoms with Crippen LogP contribution in [-0.2, 0) is 22.4 Å². The Kier molecular flexibility index (Phi) is 7.81. The van der Waals surface area contributed by atoms with E-state index in [-0.39, 0.29) is 30.2 Å². The van der Waals surface area contributed by atoms with Crippen molar-refractivity contribution in [2.45, 2.75) is 24.8 Å². The zero-order valence-corrected chi connectivity index (χ0v) is 23.1. The minimum absolute atomic E-state index is 0.148. The second-order valence-corrected chi connectivity index (χ2v) is 10.6. The Bertz CT molecular complexity index is 1680. The zero-order valence-electron chi connectivity index (χ0n) is 23.1. The summed E-state index contributed by atoms with van der Waals surface area (Å²) in [4.78, 5) is 45.8. The predicted octanol–water partition coefficient (Wildman–Crippen LogP) is 5.00. The van der Waals surface area contributed by atoms with Crippen LogP contribution < -0.4 is 15.5 Å². The van der Waals surface area contributed by atoms with E-state index in [1.807, 2.05) is 109 Å². The predicted molar refractivity (Wildman–Crippen MR) is 164 cm³/mol. The molecule has 0 unspecified atom stereocenters. The highest BCUT2D eigenvalue weighted by Gasteiger charge is 2.39. The van der Waals surface area contributed by atoms with Crippen LogP contribution in [0.25, 0.3) is 10.9 Å². The molecular formula is C35H32N4O3. The van der Waals surface area contributed by atoms with Crippen molar-refractivity contribution in [3.05, 3.63) is 138 Å². The van der Waals surface area contributed by atoms with E-state index in [1.54, 1.807) is 6.07 Å². The van der Waals surface area contributed by atoms with E-state index in [4.69, 9.17) is 0 Å². The first kappa shape index (κ1) is 27.0. The molecule has 1 aliphatic heterocycles. The van der Waals surface area contributed by atoms with Crippen LogP contribution in [0.5, 0.6) is 0 Å². The van der Waals surface area contributed by atoms with Gasteiger partial charge in [-0.3, -0.25) is 14.4 Å². The minimum atomic E-state index is -0.893. The van der Waals surface area contributed by atoms with Crippen LogP contribution in [0.15, 0.2) is 115 Å². The number of hydrogen-bond acceptors (Lipinski definition) is 3. The van der Waals surface area contributed by atoms with E-state index in [2.05, 4.69) is 15.6 Å². The first-order valence-electron chi connectivity index (χ1n) is 14.2. The molecule has 0 aliphatic carbocycles. The number of hydrogen-bond donors (Lipinski definition) is 3. The van der Waals surface area contributed by atoms with E-state index < -0.39 is 6.04 Å². The summed E-state index contributed by atoms with van der Waals surface area (Å²) in [5.41, 5.74) is 4.91. The van der Waals surface area contributed by atoms with Crippen LogP contribution in [0, 0.1) is 0 Å². The fourth-order valence-electron chi connectivity index (χ4n) is 5.70. The molecule has 210 valence electrons. The van der Waals surface area contributed by atoms with Gasteiger partial charge in [0.25, 0.3) is 11.8 Å². The quantitative estimate of drug-likeness (QED) is 0.251. The molecule has 6 rings (SSSR count). The maximum atomic E-state index is 14.4. The Balaban J connectivity index is 1.29.